The van der Waals surface area contributed by atoms with E-state index in [2.05, 4.69) is 30.7 Å². The maximum Gasteiger partial charge on any atom is 0.411 e. The van der Waals surface area contributed by atoms with Gasteiger partial charge in [-0.15, -0.1) is 0 Å². The Kier molecular flexibility index (Phi) is 8.37. The Balaban J connectivity index is 1.58. The van der Waals surface area contributed by atoms with Gasteiger partial charge in [0, 0.05) is 23.6 Å². The van der Waals surface area contributed by atoms with E-state index in [0.717, 1.165) is 31.2 Å². The lowest BCUT2D eigenvalue weighted by atomic mass is 9.81. The quantitative estimate of drug-likeness (QED) is 0.407. The summed E-state index contributed by atoms with van der Waals surface area (Å²) in [7, 11) is 1.29. The summed E-state index contributed by atoms with van der Waals surface area (Å²) in [6.07, 6.45) is 10.1. The summed E-state index contributed by atoms with van der Waals surface area (Å²) in [6, 6.07) is 4.87. The Bertz CT molecular complexity index is 1120. The number of anilines is 2. The van der Waals surface area contributed by atoms with Crippen LogP contribution in [0.15, 0.2) is 36.5 Å². The minimum atomic E-state index is -0.602. The monoisotopic (exact) mass is 494 g/mol. The number of benzene rings is 1. The molecule has 0 radical (unpaired) electrons. The Morgan fingerprint density at radius 2 is 2.00 bits per heavy atom. The number of hydrogen-bond donors (Lipinski definition) is 5. The Hall–Kier alpha value is -3.66. The zero-order chi connectivity index (χ0) is 25.5. The van der Waals surface area contributed by atoms with Crippen molar-refractivity contribution in [2.24, 2.45) is 17.6 Å². The molecule has 0 saturated heterocycles. The van der Waals surface area contributed by atoms with E-state index in [4.69, 9.17) is 5.73 Å². The molecule has 36 heavy (non-hydrogen) atoms. The third-order valence-corrected chi connectivity index (χ3v) is 6.89. The highest BCUT2D eigenvalue weighted by atomic mass is 16.5. The second-order valence-corrected chi connectivity index (χ2v) is 9.37. The van der Waals surface area contributed by atoms with E-state index in [1.54, 1.807) is 24.4 Å². The normalized spacial score (nSPS) is 22.2. The van der Waals surface area contributed by atoms with Gasteiger partial charge in [-0.05, 0) is 69.2 Å². The lowest BCUT2D eigenvalue weighted by Crippen LogP contribution is -2.36. The molecule has 10 heteroatoms. The molecule has 1 saturated carbocycles. The molecule has 1 aromatic heterocycles. The molecule has 192 valence electrons. The zero-order valence-corrected chi connectivity index (χ0v) is 20.5. The first-order valence-corrected chi connectivity index (χ1v) is 12.5. The molecule has 6 N–H and O–H groups in total. The van der Waals surface area contributed by atoms with Gasteiger partial charge >= 0.3 is 6.09 Å². The minimum Gasteiger partial charge on any atom is -0.453 e. The van der Waals surface area contributed by atoms with E-state index in [-0.39, 0.29) is 23.8 Å². The van der Waals surface area contributed by atoms with E-state index in [0.29, 0.717) is 54.6 Å². The summed E-state index contributed by atoms with van der Waals surface area (Å²) in [5.41, 5.74) is 8.23. The summed E-state index contributed by atoms with van der Waals surface area (Å²) in [4.78, 5) is 45.2. The lowest BCUT2D eigenvalue weighted by Gasteiger charge is -2.28. The van der Waals surface area contributed by atoms with Crippen molar-refractivity contribution in [1.82, 2.24) is 15.3 Å². The second kappa shape index (κ2) is 11.9. The predicted octanol–water partition coefficient (Wildman–Crippen LogP) is 3.86. The first-order valence-electron chi connectivity index (χ1n) is 12.5. The molecule has 2 aliphatic rings. The number of rotatable bonds is 4. The number of aromatic amines is 1. The van der Waals surface area contributed by atoms with Crippen molar-refractivity contribution >= 4 is 29.3 Å². The van der Waals surface area contributed by atoms with Crippen LogP contribution < -0.4 is 21.7 Å². The second-order valence-electron chi connectivity index (χ2n) is 9.37. The molecular weight excluding hydrogens is 460 g/mol. The summed E-state index contributed by atoms with van der Waals surface area (Å²) in [6.45, 7) is 0.677. The molecule has 3 amide bonds. The molecule has 2 heterocycles. The SMILES string of the molecule is COC(=O)Nc1ccc2c(c1)NC(=O)CCC=CCC(NC(=O)C1CCC(CN)CC1)c1ncc-2[nH]1. The van der Waals surface area contributed by atoms with Crippen LogP contribution in [0.25, 0.3) is 11.3 Å². The van der Waals surface area contributed by atoms with Crippen LogP contribution in [0.3, 0.4) is 0 Å². The van der Waals surface area contributed by atoms with E-state index < -0.39 is 6.09 Å². The van der Waals surface area contributed by atoms with Crippen LogP contribution in [0.5, 0.6) is 0 Å². The molecule has 1 aliphatic heterocycles. The molecule has 1 atom stereocenters. The van der Waals surface area contributed by atoms with Crippen LogP contribution in [-0.4, -0.2) is 41.5 Å². The molecule has 2 aromatic rings. The number of nitrogens with one attached hydrogen (secondary N) is 4. The van der Waals surface area contributed by atoms with Gasteiger partial charge in [-0.2, -0.15) is 0 Å². The number of amides is 3. The van der Waals surface area contributed by atoms with Crippen molar-refractivity contribution in [2.45, 2.75) is 51.0 Å². The number of fused-ring (bicyclic) bond motifs is 4. The highest BCUT2D eigenvalue weighted by molar-refractivity contribution is 5.97. The van der Waals surface area contributed by atoms with E-state index in [1.807, 2.05) is 12.2 Å². The number of ether oxygens (including phenoxy) is 1. The summed E-state index contributed by atoms with van der Waals surface area (Å²) < 4.78 is 4.66. The predicted molar refractivity (Wildman–Crippen MR) is 137 cm³/mol. The molecule has 4 rings (SSSR count). The van der Waals surface area contributed by atoms with Gasteiger partial charge in [0.05, 0.1) is 30.7 Å². The first kappa shape index (κ1) is 25.4. The van der Waals surface area contributed by atoms with Crippen molar-refractivity contribution in [1.29, 1.82) is 0 Å². The molecule has 0 spiro atoms. The molecule has 1 aliphatic carbocycles. The smallest absolute Gasteiger partial charge is 0.411 e. The highest BCUT2D eigenvalue weighted by Crippen LogP contribution is 2.32. The number of H-pyrrole nitrogens is 1. The summed E-state index contributed by atoms with van der Waals surface area (Å²) in [5, 5.41) is 8.74. The van der Waals surface area contributed by atoms with Crippen LogP contribution >= 0.6 is 0 Å². The van der Waals surface area contributed by atoms with Gasteiger partial charge < -0.3 is 26.1 Å². The average molecular weight is 495 g/mol. The van der Waals surface area contributed by atoms with Gasteiger partial charge in [0.2, 0.25) is 11.8 Å². The molecule has 1 unspecified atom stereocenters. The summed E-state index contributed by atoms with van der Waals surface area (Å²) in [5.74, 6) is 1.04. The van der Waals surface area contributed by atoms with Gasteiger partial charge in [-0.25, -0.2) is 9.78 Å². The number of aromatic nitrogens is 2. The average Bonchev–Trinajstić information content (AvgIpc) is 3.37. The van der Waals surface area contributed by atoms with E-state index in [1.165, 1.54) is 7.11 Å². The Morgan fingerprint density at radius 1 is 1.19 bits per heavy atom. The number of methoxy groups -OCH3 is 1. The maximum absolute atomic E-state index is 13.1. The number of hydrogen-bond acceptors (Lipinski definition) is 6. The minimum absolute atomic E-state index is 0.0147. The van der Waals surface area contributed by atoms with Crippen molar-refractivity contribution < 1.29 is 19.1 Å². The van der Waals surface area contributed by atoms with Gasteiger partial charge in [-0.3, -0.25) is 14.9 Å². The first-order chi connectivity index (χ1) is 17.5. The van der Waals surface area contributed by atoms with Crippen molar-refractivity contribution in [3.8, 4) is 11.3 Å². The van der Waals surface area contributed by atoms with Gasteiger partial charge in [0.15, 0.2) is 0 Å². The van der Waals surface area contributed by atoms with Crippen LogP contribution in [0, 0.1) is 11.8 Å². The number of nitrogens with zero attached hydrogens (tertiary/aromatic N) is 1. The fourth-order valence-electron chi connectivity index (χ4n) is 4.75. The fourth-order valence-corrected chi connectivity index (χ4v) is 4.75. The fraction of sp³-hybridized carbons (Fsp3) is 0.462. The van der Waals surface area contributed by atoms with Crippen LogP contribution in [0.4, 0.5) is 16.2 Å². The third kappa shape index (κ3) is 6.31. The molecule has 1 fully saturated rings. The number of imidazole rings is 1. The van der Waals surface area contributed by atoms with Gasteiger partial charge in [0.1, 0.15) is 5.82 Å². The third-order valence-electron chi connectivity index (χ3n) is 6.89. The highest BCUT2D eigenvalue weighted by Gasteiger charge is 2.28. The molecule has 1 aromatic carbocycles. The van der Waals surface area contributed by atoms with Crippen molar-refractivity contribution in [3.05, 3.63) is 42.4 Å². The van der Waals surface area contributed by atoms with Crippen LogP contribution in [0.1, 0.15) is 56.8 Å². The number of nitrogens with two attached hydrogens (primary N) is 1. The topological polar surface area (TPSA) is 151 Å². The van der Waals surface area contributed by atoms with E-state index >= 15 is 0 Å². The lowest BCUT2D eigenvalue weighted by molar-refractivity contribution is -0.127. The zero-order valence-electron chi connectivity index (χ0n) is 20.5. The number of allylic oxidation sites excluding steroid dienone is 1. The van der Waals surface area contributed by atoms with Crippen molar-refractivity contribution in [2.75, 3.05) is 24.3 Å². The largest absolute Gasteiger partial charge is 0.453 e. The number of carbonyl (C=O) groups is 3. The van der Waals surface area contributed by atoms with E-state index in [9.17, 15) is 14.4 Å². The number of carbonyl (C=O) groups excluding carboxylic acids is 3. The molecular formula is C26H34N6O4. The van der Waals surface area contributed by atoms with Gasteiger partial charge in [0.25, 0.3) is 0 Å². The standard InChI is InChI=1S/C26H34N6O4/c1-36-26(35)29-18-11-12-19-21(13-18)30-23(33)6-4-2-3-5-20(24-28-15-22(19)31-24)32-25(34)17-9-7-16(14-27)8-10-17/h2-3,11-13,15-17,20H,4-10,14,27H2,1H3,(H,28,31)(H,29,35)(H,30,33)(H,32,34). The van der Waals surface area contributed by atoms with Crippen LogP contribution in [-0.2, 0) is 14.3 Å². The Morgan fingerprint density at radius 3 is 2.75 bits per heavy atom. The van der Waals surface area contributed by atoms with Crippen molar-refractivity contribution in [3.63, 3.8) is 0 Å². The maximum atomic E-state index is 13.1. The summed E-state index contributed by atoms with van der Waals surface area (Å²) >= 11 is 0. The molecule has 10 nitrogen and oxygen atoms in total. The molecule has 2 bridgehead atoms. The van der Waals surface area contributed by atoms with Gasteiger partial charge in [-0.1, -0.05) is 12.2 Å². The Labute approximate surface area is 210 Å². The van der Waals surface area contributed by atoms with Crippen LogP contribution in [0.2, 0.25) is 0 Å².